The Morgan fingerprint density at radius 3 is 2.67 bits per heavy atom. The molecular formula is C14H11NO3. The van der Waals surface area contributed by atoms with Gasteiger partial charge in [0.05, 0.1) is 18.2 Å². The predicted octanol–water partition coefficient (Wildman–Crippen LogP) is 2.59. The maximum atomic E-state index is 11.7. The zero-order chi connectivity index (χ0) is 13.1. The molecule has 0 saturated heterocycles. The van der Waals surface area contributed by atoms with Crippen LogP contribution in [-0.4, -0.2) is 17.7 Å². The van der Waals surface area contributed by atoms with Crippen LogP contribution >= 0.6 is 0 Å². The van der Waals surface area contributed by atoms with Crippen molar-refractivity contribution in [2.24, 2.45) is 0 Å². The highest BCUT2D eigenvalue weighted by molar-refractivity contribution is 6.03. The number of nitriles is 1. The number of carbonyl (C=O) groups is 1. The molecule has 0 saturated carbocycles. The fourth-order valence-electron chi connectivity index (χ4n) is 1.82. The monoisotopic (exact) mass is 241 g/mol. The molecule has 0 unspecified atom stereocenters. The van der Waals surface area contributed by atoms with E-state index >= 15 is 0 Å². The fourth-order valence-corrected chi connectivity index (χ4v) is 1.82. The van der Waals surface area contributed by atoms with Crippen molar-refractivity contribution in [1.29, 1.82) is 5.26 Å². The van der Waals surface area contributed by atoms with E-state index in [4.69, 9.17) is 10.00 Å². The first-order valence-corrected chi connectivity index (χ1v) is 5.51. The summed E-state index contributed by atoms with van der Waals surface area (Å²) in [6, 6.07) is 10.3. The van der Waals surface area contributed by atoms with Crippen molar-refractivity contribution in [2.75, 3.05) is 6.61 Å². The molecule has 0 aliphatic rings. The van der Waals surface area contributed by atoms with Crippen LogP contribution in [0.5, 0.6) is 5.75 Å². The molecule has 0 atom stereocenters. The maximum absolute atomic E-state index is 11.7. The second kappa shape index (κ2) is 4.76. The molecular weight excluding hydrogens is 230 g/mol. The molecule has 2 aromatic rings. The van der Waals surface area contributed by atoms with Gasteiger partial charge in [-0.15, -0.1) is 0 Å². The van der Waals surface area contributed by atoms with Gasteiger partial charge in [-0.3, -0.25) is 0 Å². The Hall–Kier alpha value is -2.54. The molecule has 2 aromatic carbocycles. The number of hydrogen-bond acceptors (Lipinski definition) is 4. The van der Waals surface area contributed by atoms with E-state index in [2.05, 4.69) is 0 Å². The topological polar surface area (TPSA) is 70.3 Å². The number of phenolic OH excluding ortho intramolecular Hbond substituents is 1. The molecule has 0 aliphatic carbocycles. The van der Waals surface area contributed by atoms with Gasteiger partial charge in [0.25, 0.3) is 0 Å². The molecule has 0 spiro atoms. The lowest BCUT2D eigenvalue weighted by Gasteiger charge is -2.08. The number of fused-ring (bicyclic) bond motifs is 1. The summed E-state index contributed by atoms with van der Waals surface area (Å²) in [5.74, 6) is -0.777. The van der Waals surface area contributed by atoms with Crippen LogP contribution in [0.2, 0.25) is 0 Å². The molecule has 2 rings (SSSR count). The highest BCUT2D eigenvalue weighted by Crippen LogP contribution is 2.31. The van der Waals surface area contributed by atoms with Crippen LogP contribution in [0.1, 0.15) is 22.8 Å². The van der Waals surface area contributed by atoms with Crippen molar-refractivity contribution < 1.29 is 14.6 Å². The van der Waals surface area contributed by atoms with Gasteiger partial charge in [0.2, 0.25) is 0 Å². The second-order valence-electron chi connectivity index (χ2n) is 3.70. The zero-order valence-corrected chi connectivity index (χ0v) is 9.80. The lowest BCUT2D eigenvalue weighted by atomic mass is 10.00. The molecule has 0 amide bonds. The molecule has 0 aliphatic heterocycles. The number of hydrogen-bond donors (Lipinski definition) is 1. The van der Waals surface area contributed by atoms with Crippen LogP contribution in [0.3, 0.4) is 0 Å². The summed E-state index contributed by atoms with van der Waals surface area (Å²) in [7, 11) is 0. The third kappa shape index (κ3) is 1.87. The van der Waals surface area contributed by atoms with E-state index in [1.165, 1.54) is 6.07 Å². The van der Waals surface area contributed by atoms with Crippen LogP contribution in [-0.2, 0) is 4.74 Å². The Morgan fingerprint density at radius 1 is 1.39 bits per heavy atom. The predicted molar refractivity (Wildman–Crippen MR) is 66.3 cm³/mol. The number of aromatic hydroxyl groups is 1. The van der Waals surface area contributed by atoms with Gasteiger partial charge in [-0.05, 0) is 13.0 Å². The number of esters is 1. The zero-order valence-electron chi connectivity index (χ0n) is 9.80. The first-order valence-electron chi connectivity index (χ1n) is 5.51. The lowest BCUT2D eigenvalue weighted by molar-refractivity contribution is 0.0523. The van der Waals surface area contributed by atoms with Gasteiger partial charge in [0.1, 0.15) is 11.3 Å². The third-order valence-electron chi connectivity index (χ3n) is 2.63. The van der Waals surface area contributed by atoms with Gasteiger partial charge >= 0.3 is 5.97 Å². The van der Waals surface area contributed by atoms with Crippen molar-refractivity contribution in [3.8, 4) is 11.8 Å². The van der Waals surface area contributed by atoms with E-state index in [1.54, 1.807) is 31.2 Å². The number of nitrogens with zero attached hydrogens (tertiary/aromatic N) is 1. The van der Waals surface area contributed by atoms with Gasteiger partial charge < -0.3 is 9.84 Å². The van der Waals surface area contributed by atoms with Gasteiger partial charge in [-0.25, -0.2) is 4.79 Å². The van der Waals surface area contributed by atoms with Gasteiger partial charge in [-0.2, -0.15) is 5.26 Å². The SMILES string of the molecule is CCOC(=O)c1cc(C#N)c2ccccc2c1O. The van der Waals surface area contributed by atoms with Gasteiger partial charge in [0, 0.05) is 10.8 Å². The highest BCUT2D eigenvalue weighted by atomic mass is 16.5. The van der Waals surface area contributed by atoms with Crippen molar-refractivity contribution in [3.63, 3.8) is 0 Å². The van der Waals surface area contributed by atoms with Crippen LogP contribution in [0, 0.1) is 11.3 Å². The Labute approximate surface area is 104 Å². The normalized spacial score (nSPS) is 10.0. The van der Waals surface area contributed by atoms with E-state index in [0.717, 1.165) is 0 Å². The van der Waals surface area contributed by atoms with Crippen LogP contribution in [0.15, 0.2) is 30.3 Å². The summed E-state index contributed by atoms with van der Waals surface area (Å²) in [6.07, 6.45) is 0. The van der Waals surface area contributed by atoms with Gasteiger partial charge in [0.15, 0.2) is 0 Å². The van der Waals surface area contributed by atoms with Crippen LogP contribution in [0.25, 0.3) is 10.8 Å². The quantitative estimate of drug-likeness (QED) is 0.820. The first kappa shape index (κ1) is 11.9. The average Bonchev–Trinajstić information content (AvgIpc) is 2.40. The fraction of sp³-hybridized carbons (Fsp3) is 0.143. The largest absolute Gasteiger partial charge is 0.506 e. The number of phenols is 1. The number of rotatable bonds is 2. The minimum absolute atomic E-state index is 0.0205. The van der Waals surface area contributed by atoms with Crippen molar-refractivity contribution in [1.82, 2.24) is 0 Å². The summed E-state index contributed by atoms with van der Waals surface area (Å²) < 4.78 is 4.85. The van der Waals surface area contributed by atoms with Crippen molar-refractivity contribution in [2.45, 2.75) is 6.92 Å². The molecule has 4 heteroatoms. The molecule has 90 valence electrons. The standard InChI is InChI=1S/C14H11NO3/c1-2-18-14(17)12-7-9(8-15)10-5-3-4-6-11(10)13(12)16/h3-7,16H,2H2,1H3. The Kier molecular flexibility index (Phi) is 3.16. The summed E-state index contributed by atoms with van der Waals surface area (Å²) in [5, 5.41) is 20.2. The van der Waals surface area contributed by atoms with Crippen LogP contribution in [0.4, 0.5) is 0 Å². The Balaban J connectivity index is 2.74. The number of benzene rings is 2. The summed E-state index contributed by atoms with van der Waals surface area (Å²) >= 11 is 0. The van der Waals surface area contributed by atoms with Crippen molar-refractivity contribution >= 4 is 16.7 Å². The minimum atomic E-state index is -0.628. The molecule has 18 heavy (non-hydrogen) atoms. The smallest absolute Gasteiger partial charge is 0.341 e. The second-order valence-corrected chi connectivity index (χ2v) is 3.70. The molecule has 4 nitrogen and oxygen atoms in total. The van der Waals surface area contributed by atoms with Crippen LogP contribution < -0.4 is 0 Å². The maximum Gasteiger partial charge on any atom is 0.341 e. The summed E-state index contributed by atoms with van der Waals surface area (Å²) in [5.41, 5.74) is 0.360. The van der Waals surface area contributed by atoms with E-state index in [-0.39, 0.29) is 17.9 Å². The average molecular weight is 241 g/mol. The van der Waals surface area contributed by atoms with E-state index in [1.807, 2.05) is 6.07 Å². The minimum Gasteiger partial charge on any atom is -0.506 e. The van der Waals surface area contributed by atoms with E-state index in [0.29, 0.717) is 16.3 Å². The third-order valence-corrected chi connectivity index (χ3v) is 2.63. The molecule has 0 aromatic heterocycles. The molecule has 0 fully saturated rings. The van der Waals surface area contributed by atoms with Gasteiger partial charge in [-0.1, -0.05) is 24.3 Å². The molecule has 1 N–H and O–H groups in total. The lowest BCUT2D eigenvalue weighted by Crippen LogP contribution is -2.05. The van der Waals surface area contributed by atoms with Crippen molar-refractivity contribution in [3.05, 3.63) is 41.5 Å². The van der Waals surface area contributed by atoms with E-state index < -0.39 is 5.97 Å². The molecule has 0 bridgehead atoms. The Morgan fingerprint density at radius 2 is 2.06 bits per heavy atom. The molecule has 0 heterocycles. The summed E-state index contributed by atoms with van der Waals surface area (Å²) in [6.45, 7) is 1.90. The number of ether oxygens (including phenoxy) is 1. The Bertz CT molecular complexity index is 656. The van der Waals surface area contributed by atoms with E-state index in [9.17, 15) is 9.90 Å². The molecule has 0 radical (unpaired) electrons. The highest BCUT2D eigenvalue weighted by Gasteiger charge is 2.17. The summed E-state index contributed by atoms with van der Waals surface area (Å²) in [4.78, 5) is 11.7. The first-order chi connectivity index (χ1) is 8.69. The number of carbonyl (C=O) groups excluding carboxylic acids is 1.